The van der Waals surface area contributed by atoms with E-state index in [-0.39, 0.29) is 11.6 Å². The van der Waals surface area contributed by atoms with Crippen LogP contribution in [0.15, 0.2) is 36.7 Å². The summed E-state index contributed by atoms with van der Waals surface area (Å²) in [6.45, 7) is 2.09. The van der Waals surface area contributed by atoms with Crippen molar-refractivity contribution in [3.63, 3.8) is 0 Å². The third kappa shape index (κ3) is 3.25. The molecular formula is C15H14F3N5. The van der Waals surface area contributed by atoms with Crippen molar-refractivity contribution < 1.29 is 13.2 Å². The van der Waals surface area contributed by atoms with Gasteiger partial charge in [0.2, 0.25) is 0 Å². The fourth-order valence-electron chi connectivity index (χ4n) is 2.24. The van der Waals surface area contributed by atoms with E-state index < -0.39 is 11.9 Å². The zero-order valence-corrected chi connectivity index (χ0v) is 12.3. The molecule has 120 valence electrons. The molecule has 0 radical (unpaired) electrons. The lowest BCUT2D eigenvalue weighted by Gasteiger charge is -2.11. The quantitative estimate of drug-likeness (QED) is 0.793. The van der Waals surface area contributed by atoms with E-state index in [4.69, 9.17) is 0 Å². The Morgan fingerprint density at radius 3 is 2.57 bits per heavy atom. The standard InChI is InChI=1S/C15H14F3N5/c1-2-3-10-4-6-11(7-5-10)21-13-8-12(15(16,17)18)22-14-19-9-20-23(13)14/h4-9,21H,2-3H2,1H3. The predicted molar refractivity (Wildman–Crippen MR) is 79.5 cm³/mol. The molecule has 2 heterocycles. The van der Waals surface area contributed by atoms with Gasteiger partial charge in [0.1, 0.15) is 12.1 Å². The number of fused-ring (bicyclic) bond motifs is 1. The highest BCUT2D eigenvalue weighted by Crippen LogP contribution is 2.30. The van der Waals surface area contributed by atoms with Gasteiger partial charge in [0, 0.05) is 11.8 Å². The minimum Gasteiger partial charge on any atom is -0.340 e. The zero-order valence-electron chi connectivity index (χ0n) is 12.3. The normalized spacial score (nSPS) is 11.8. The number of aromatic nitrogens is 4. The molecule has 0 saturated carbocycles. The molecule has 0 unspecified atom stereocenters. The highest BCUT2D eigenvalue weighted by atomic mass is 19.4. The number of halogens is 3. The molecule has 0 bridgehead atoms. The maximum Gasteiger partial charge on any atom is 0.433 e. The highest BCUT2D eigenvalue weighted by molar-refractivity contribution is 5.59. The number of benzene rings is 1. The van der Waals surface area contributed by atoms with Crippen LogP contribution >= 0.6 is 0 Å². The number of hydrogen-bond donors (Lipinski definition) is 1. The molecule has 1 aromatic carbocycles. The first-order valence-electron chi connectivity index (χ1n) is 7.11. The van der Waals surface area contributed by atoms with Crippen LogP contribution in [0.4, 0.5) is 24.7 Å². The van der Waals surface area contributed by atoms with E-state index >= 15 is 0 Å². The molecule has 23 heavy (non-hydrogen) atoms. The lowest BCUT2D eigenvalue weighted by atomic mass is 10.1. The summed E-state index contributed by atoms with van der Waals surface area (Å²) in [5.74, 6) is 0.0491. The minimum absolute atomic E-state index is 0.107. The molecule has 0 aliphatic heterocycles. The first-order valence-corrected chi connectivity index (χ1v) is 7.11. The Kier molecular flexibility index (Phi) is 3.89. The van der Waals surface area contributed by atoms with Crippen molar-refractivity contribution in [2.75, 3.05) is 5.32 Å². The van der Waals surface area contributed by atoms with Gasteiger partial charge in [0.05, 0.1) is 0 Å². The van der Waals surface area contributed by atoms with Crippen LogP contribution in [-0.2, 0) is 12.6 Å². The Morgan fingerprint density at radius 2 is 1.91 bits per heavy atom. The third-order valence-corrected chi connectivity index (χ3v) is 3.31. The van der Waals surface area contributed by atoms with Crippen molar-refractivity contribution in [2.45, 2.75) is 25.9 Å². The van der Waals surface area contributed by atoms with E-state index in [1.165, 1.54) is 10.1 Å². The monoisotopic (exact) mass is 321 g/mol. The van der Waals surface area contributed by atoms with Crippen LogP contribution in [0.1, 0.15) is 24.6 Å². The maximum atomic E-state index is 12.9. The second-order valence-corrected chi connectivity index (χ2v) is 5.07. The Balaban J connectivity index is 1.96. The Labute approximate surface area is 130 Å². The predicted octanol–water partition coefficient (Wildman–Crippen LogP) is 3.84. The average Bonchev–Trinajstić information content (AvgIpc) is 2.97. The van der Waals surface area contributed by atoms with Crippen molar-refractivity contribution in [1.29, 1.82) is 0 Å². The number of aryl methyl sites for hydroxylation is 1. The van der Waals surface area contributed by atoms with Gasteiger partial charge in [-0.25, -0.2) is 4.98 Å². The van der Waals surface area contributed by atoms with Gasteiger partial charge in [-0.1, -0.05) is 25.5 Å². The third-order valence-electron chi connectivity index (χ3n) is 3.31. The number of rotatable bonds is 4. The second kappa shape index (κ2) is 5.86. The second-order valence-electron chi connectivity index (χ2n) is 5.07. The molecule has 0 atom stereocenters. The number of nitrogens with zero attached hydrogens (tertiary/aromatic N) is 4. The van der Waals surface area contributed by atoms with Gasteiger partial charge in [-0.3, -0.25) is 0 Å². The highest BCUT2D eigenvalue weighted by Gasteiger charge is 2.34. The summed E-state index contributed by atoms with van der Waals surface area (Å²) in [6.07, 6.45) is -1.39. The molecular weight excluding hydrogens is 307 g/mol. The van der Waals surface area contributed by atoms with E-state index in [0.29, 0.717) is 5.69 Å². The van der Waals surface area contributed by atoms with Crippen molar-refractivity contribution >= 4 is 17.3 Å². The summed E-state index contributed by atoms with van der Waals surface area (Å²) < 4.78 is 40.0. The average molecular weight is 321 g/mol. The number of alkyl halides is 3. The summed E-state index contributed by atoms with van der Waals surface area (Å²) in [6, 6.07) is 8.44. The molecule has 3 rings (SSSR count). The molecule has 1 N–H and O–H groups in total. The summed E-state index contributed by atoms with van der Waals surface area (Å²) in [5.41, 5.74) is 0.832. The fourth-order valence-corrected chi connectivity index (χ4v) is 2.24. The van der Waals surface area contributed by atoms with Crippen LogP contribution in [-0.4, -0.2) is 19.6 Å². The van der Waals surface area contributed by atoms with Gasteiger partial charge in [0.25, 0.3) is 5.78 Å². The van der Waals surface area contributed by atoms with Crippen LogP contribution in [0.2, 0.25) is 0 Å². The summed E-state index contributed by atoms with van der Waals surface area (Å²) in [7, 11) is 0. The van der Waals surface area contributed by atoms with Crippen LogP contribution in [0.3, 0.4) is 0 Å². The van der Waals surface area contributed by atoms with Gasteiger partial charge in [0.15, 0.2) is 5.69 Å². The topological polar surface area (TPSA) is 55.1 Å². The Bertz CT molecular complexity index is 808. The van der Waals surface area contributed by atoms with E-state index in [2.05, 4.69) is 27.3 Å². The van der Waals surface area contributed by atoms with Gasteiger partial charge < -0.3 is 5.32 Å². The molecule has 0 amide bonds. The number of anilines is 2. The van der Waals surface area contributed by atoms with Crippen molar-refractivity contribution in [2.24, 2.45) is 0 Å². The molecule has 0 aliphatic carbocycles. The molecule has 2 aromatic heterocycles. The number of hydrogen-bond acceptors (Lipinski definition) is 4. The van der Waals surface area contributed by atoms with Crippen LogP contribution in [0.25, 0.3) is 5.78 Å². The SMILES string of the molecule is CCCc1ccc(Nc2cc(C(F)(F)F)nc3ncnn23)cc1. The minimum atomic E-state index is -4.55. The van der Waals surface area contributed by atoms with E-state index in [0.717, 1.165) is 25.2 Å². The van der Waals surface area contributed by atoms with Gasteiger partial charge in [-0.15, -0.1) is 0 Å². The summed E-state index contributed by atoms with van der Waals surface area (Å²) in [5, 5.41) is 6.83. The van der Waals surface area contributed by atoms with Gasteiger partial charge in [-0.05, 0) is 24.1 Å². The zero-order chi connectivity index (χ0) is 16.4. The molecule has 0 spiro atoms. The molecule has 8 heteroatoms. The van der Waals surface area contributed by atoms with E-state index in [1.807, 2.05) is 24.3 Å². The van der Waals surface area contributed by atoms with Crippen molar-refractivity contribution in [1.82, 2.24) is 19.6 Å². The molecule has 0 fully saturated rings. The maximum absolute atomic E-state index is 12.9. The Hall–Kier alpha value is -2.64. The van der Waals surface area contributed by atoms with Crippen LogP contribution in [0, 0.1) is 0 Å². The summed E-state index contributed by atoms with van der Waals surface area (Å²) in [4.78, 5) is 7.21. The number of nitrogens with one attached hydrogen (secondary N) is 1. The van der Waals surface area contributed by atoms with E-state index in [1.54, 1.807) is 0 Å². The Morgan fingerprint density at radius 1 is 1.17 bits per heavy atom. The lowest BCUT2D eigenvalue weighted by Crippen LogP contribution is -2.12. The van der Waals surface area contributed by atoms with E-state index in [9.17, 15) is 13.2 Å². The van der Waals surface area contributed by atoms with Crippen LogP contribution < -0.4 is 5.32 Å². The van der Waals surface area contributed by atoms with Gasteiger partial charge >= 0.3 is 6.18 Å². The van der Waals surface area contributed by atoms with Crippen molar-refractivity contribution in [3.05, 3.63) is 47.9 Å². The molecule has 0 aliphatic rings. The largest absolute Gasteiger partial charge is 0.433 e. The first-order chi connectivity index (χ1) is 11.0. The lowest BCUT2D eigenvalue weighted by molar-refractivity contribution is -0.141. The fraction of sp³-hybridized carbons (Fsp3) is 0.267. The van der Waals surface area contributed by atoms with Crippen molar-refractivity contribution in [3.8, 4) is 0 Å². The molecule has 0 saturated heterocycles. The van der Waals surface area contributed by atoms with Gasteiger partial charge in [-0.2, -0.15) is 27.8 Å². The van der Waals surface area contributed by atoms with Crippen LogP contribution in [0.5, 0.6) is 0 Å². The first kappa shape index (κ1) is 15.3. The smallest absolute Gasteiger partial charge is 0.340 e. The molecule has 5 nitrogen and oxygen atoms in total. The summed E-state index contributed by atoms with van der Waals surface area (Å²) >= 11 is 0. The molecule has 3 aromatic rings.